The monoisotopic (exact) mass is 269 g/mol. The number of aryl methyl sites for hydroxylation is 3. The van der Waals surface area contributed by atoms with Crippen LogP contribution in [-0.2, 0) is 19.4 Å². The molecule has 0 amide bonds. The van der Waals surface area contributed by atoms with E-state index in [1.54, 1.807) is 6.07 Å². The minimum Gasteiger partial charge on any atom is -0.478 e. The Hall–Kier alpha value is -2.13. The van der Waals surface area contributed by atoms with Crippen LogP contribution < -0.4 is 5.73 Å². The molecule has 0 unspecified atom stereocenters. The third-order valence-corrected chi connectivity index (χ3v) is 3.40. The number of benzene rings is 2. The van der Waals surface area contributed by atoms with Crippen molar-refractivity contribution in [1.82, 2.24) is 0 Å². The van der Waals surface area contributed by atoms with Crippen LogP contribution in [0.3, 0.4) is 0 Å². The molecule has 0 spiro atoms. The van der Waals surface area contributed by atoms with E-state index in [-0.39, 0.29) is 0 Å². The van der Waals surface area contributed by atoms with Gasteiger partial charge in [-0.2, -0.15) is 0 Å². The molecule has 0 radical (unpaired) electrons. The maximum absolute atomic E-state index is 11.2. The van der Waals surface area contributed by atoms with Crippen LogP contribution >= 0.6 is 0 Å². The topological polar surface area (TPSA) is 63.3 Å². The van der Waals surface area contributed by atoms with Crippen molar-refractivity contribution in [2.24, 2.45) is 5.73 Å². The predicted octanol–water partition coefficient (Wildman–Crippen LogP) is 2.94. The highest BCUT2D eigenvalue weighted by molar-refractivity contribution is 5.89. The van der Waals surface area contributed by atoms with Crippen molar-refractivity contribution in [3.05, 3.63) is 70.3 Å². The van der Waals surface area contributed by atoms with Gasteiger partial charge in [-0.3, -0.25) is 0 Å². The number of carbonyl (C=O) groups is 1. The van der Waals surface area contributed by atoms with Gasteiger partial charge in [0.2, 0.25) is 0 Å². The average molecular weight is 269 g/mol. The third kappa shape index (κ3) is 3.45. The van der Waals surface area contributed by atoms with E-state index in [0.717, 1.165) is 29.5 Å². The molecule has 3 nitrogen and oxygen atoms in total. The molecule has 0 heterocycles. The first kappa shape index (κ1) is 14.3. The summed E-state index contributed by atoms with van der Waals surface area (Å²) in [5, 5.41) is 9.22. The molecule has 0 aliphatic rings. The summed E-state index contributed by atoms with van der Waals surface area (Å²) in [5.41, 5.74) is 10.3. The van der Waals surface area contributed by atoms with Crippen LogP contribution in [0.2, 0.25) is 0 Å². The zero-order valence-electron chi connectivity index (χ0n) is 11.6. The van der Waals surface area contributed by atoms with Gasteiger partial charge in [-0.1, -0.05) is 42.0 Å². The summed E-state index contributed by atoms with van der Waals surface area (Å²) in [5.74, 6) is -0.865. The van der Waals surface area contributed by atoms with Gasteiger partial charge in [-0.05, 0) is 42.5 Å². The highest BCUT2D eigenvalue weighted by Gasteiger charge is 2.10. The first-order valence-electron chi connectivity index (χ1n) is 6.71. The summed E-state index contributed by atoms with van der Waals surface area (Å²) in [6.07, 6.45) is 1.54. The van der Waals surface area contributed by atoms with Gasteiger partial charge in [0.15, 0.2) is 0 Å². The molecule has 2 aromatic carbocycles. The number of carboxylic acids is 1. The molecule has 2 aromatic rings. The molecule has 0 saturated heterocycles. The van der Waals surface area contributed by atoms with Gasteiger partial charge in [0.05, 0.1) is 5.56 Å². The highest BCUT2D eigenvalue weighted by atomic mass is 16.4. The average Bonchev–Trinajstić information content (AvgIpc) is 2.45. The molecule has 0 fully saturated rings. The fourth-order valence-electron chi connectivity index (χ4n) is 2.33. The molecule has 0 aromatic heterocycles. The maximum atomic E-state index is 11.2. The van der Waals surface area contributed by atoms with Gasteiger partial charge in [-0.15, -0.1) is 0 Å². The number of carboxylic acid groups (broad SMARTS) is 1. The first-order chi connectivity index (χ1) is 9.60. The van der Waals surface area contributed by atoms with Gasteiger partial charge in [0.1, 0.15) is 0 Å². The van der Waals surface area contributed by atoms with Gasteiger partial charge in [0, 0.05) is 6.54 Å². The van der Waals surface area contributed by atoms with E-state index in [1.807, 2.05) is 31.2 Å². The van der Waals surface area contributed by atoms with E-state index >= 15 is 0 Å². The summed E-state index contributed by atoms with van der Waals surface area (Å²) >= 11 is 0. The van der Waals surface area contributed by atoms with Gasteiger partial charge in [0.25, 0.3) is 0 Å². The summed E-state index contributed by atoms with van der Waals surface area (Å²) in [6.45, 7) is 2.50. The Balaban J connectivity index is 2.17. The summed E-state index contributed by atoms with van der Waals surface area (Å²) < 4.78 is 0. The Morgan fingerprint density at radius 3 is 2.55 bits per heavy atom. The molecule has 3 N–H and O–H groups in total. The van der Waals surface area contributed by atoms with Crippen LogP contribution in [-0.4, -0.2) is 11.1 Å². The van der Waals surface area contributed by atoms with Gasteiger partial charge >= 0.3 is 5.97 Å². The van der Waals surface area contributed by atoms with E-state index in [0.29, 0.717) is 12.1 Å². The lowest BCUT2D eigenvalue weighted by Crippen LogP contribution is -2.04. The molecule has 0 atom stereocenters. The number of hydrogen-bond acceptors (Lipinski definition) is 2. The third-order valence-electron chi connectivity index (χ3n) is 3.40. The zero-order valence-corrected chi connectivity index (χ0v) is 11.6. The molecule has 0 aliphatic heterocycles. The largest absolute Gasteiger partial charge is 0.478 e. The SMILES string of the molecule is Cc1ccc(C(=O)O)c(CCc2cccc(CN)c2)c1. The van der Waals surface area contributed by atoms with Crippen LogP contribution in [0.4, 0.5) is 0 Å². The van der Waals surface area contributed by atoms with E-state index in [2.05, 4.69) is 12.1 Å². The van der Waals surface area contributed by atoms with Crippen molar-refractivity contribution in [1.29, 1.82) is 0 Å². The lowest BCUT2D eigenvalue weighted by molar-refractivity contribution is 0.0695. The molecule has 0 bridgehead atoms. The normalized spacial score (nSPS) is 10.5. The standard InChI is InChI=1S/C17H19NO2/c1-12-5-8-16(17(19)20)15(9-12)7-6-13-3-2-4-14(10-13)11-18/h2-5,8-10H,6-7,11,18H2,1H3,(H,19,20). The molecule has 2 rings (SSSR count). The summed E-state index contributed by atoms with van der Waals surface area (Å²) in [7, 11) is 0. The second-order valence-electron chi connectivity index (χ2n) is 4.99. The van der Waals surface area contributed by atoms with Crippen molar-refractivity contribution in [2.45, 2.75) is 26.3 Å². The fourth-order valence-corrected chi connectivity index (χ4v) is 2.33. The van der Waals surface area contributed by atoms with E-state index in [1.165, 1.54) is 5.56 Å². The van der Waals surface area contributed by atoms with E-state index < -0.39 is 5.97 Å². The van der Waals surface area contributed by atoms with E-state index in [9.17, 15) is 9.90 Å². The molecule has 0 aliphatic carbocycles. The van der Waals surface area contributed by atoms with Crippen LogP contribution in [0.1, 0.15) is 32.6 Å². The molecular formula is C17H19NO2. The van der Waals surface area contributed by atoms with Crippen molar-refractivity contribution in [3.8, 4) is 0 Å². The van der Waals surface area contributed by atoms with Crippen molar-refractivity contribution in [2.75, 3.05) is 0 Å². The Morgan fingerprint density at radius 1 is 1.10 bits per heavy atom. The minimum absolute atomic E-state index is 0.394. The Labute approximate surface area is 119 Å². The van der Waals surface area contributed by atoms with Crippen molar-refractivity contribution >= 4 is 5.97 Å². The minimum atomic E-state index is -0.865. The molecule has 0 saturated carbocycles. The number of rotatable bonds is 5. The van der Waals surface area contributed by atoms with Gasteiger partial charge in [-0.25, -0.2) is 4.79 Å². The fraction of sp³-hybridized carbons (Fsp3) is 0.235. The summed E-state index contributed by atoms with van der Waals surface area (Å²) in [6, 6.07) is 13.6. The van der Waals surface area contributed by atoms with E-state index in [4.69, 9.17) is 5.73 Å². The Bertz CT molecular complexity index is 620. The lowest BCUT2D eigenvalue weighted by atomic mass is 9.97. The highest BCUT2D eigenvalue weighted by Crippen LogP contribution is 2.16. The molecular weight excluding hydrogens is 250 g/mol. The maximum Gasteiger partial charge on any atom is 0.335 e. The summed E-state index contributed by atoms with van der Waals surface area (Å²) in [4.78, 5) is 11.2. The van der Waals surface area contributed by atoms with Crippen LogP contribution in [0, 0.1) is 6.92 Å². The predicted molar refractivity (Wildman–Crippen MR) is 79.9 cm³/mol. The quantitative estimate of drug-likeness (QED) is 0.877. The number of nitrogens with two attached hydrogens (primary N) is 1. The zero-order chi connectivity index (χ0) is 14.5. The Morgan fingerprint density at radius 2 is 1.85 bits per heavy atom. The number of hydrogen-bond donors (Lipinski definition) is 2. The number of aromatic carboxylic acids is 1. The van der Waals surface area contributed by atoms with Crippen molar-refractivity contribution in [3.63, 3.8) is 0 Å². The molecule has 20 heavy (non-hydrogen) atoms. The smallest absolute Gasteiger partial charge is 0.335 e. The van der Waals surface area contributed by atoms with Crippen LogP contribution in [0.15, 0.2) is 42.5 Å². The molecule has 3 heteroatoms. The van der Waals surface area contributed by atoms with Crippen LogP contribution in [0.25, 0.3) is 0 Å². The Kier molecular flexibility index (Phi) is 4.53. The second kappa shape index (κ2) is 6.35. The first-order valence-corrected chi connectivity index (χ1v) is 6.71. The van der Waals surface area contributed by atoms with Crippen molar-refractivity contribution < 1.29 is 9.90 Å². The lowest BCUT2D eigenvalue weighted by Gasteiger charge is -2.08. The molecule has 104 valence electrons. The second-order valence-corrected chi connectivity index (χ2v) is 4.99. The van der Waals surface area contributed by atoms with Gasteiger partial charge < -0.3 is 10.8 Å². The van der Waals surface area contributed by atoms with Crippen LogP contribution in [0.5, 0.6) is 0 Å².